The van der Waals surface area contributed by atoms with E-state index in [9.17, 15) is 14.7 Å². The minimum Gasteiger partial charge on any atom is -0.543 e. The molecule has 3 heterocycles. The predicted octanol–water partition coefficient (Wildman–Crippen LogP) is -0.539. The molecule has 9 heteroatoms. The number of aliphatic carboxylic acids is 1. The van der Waals surface area contributed by atoms with Crippen LogP contribution in [0.1, 0.15) is 0 Å². The molecule has 7 nitrogen and oxygen atoms in total. The zero-order valence-corrected chi connectivity index (χ0v) is 17.6. The van der Waals surface area contributed by atoms with Crippen molar-refractivity contribution in [1.29, 1.82) is 0 Å². The number of nitrogens with zero attached hydrogens (tertiary/aromatic N) is 3. The van der Waals surface area contributed by atoms with E-state index < -0.39 is 12.0 Å². The second-order valence-electron chi connectivity index (χ2n) is 6.15. The highest BCUT2D eigenvalue weighted by molar-refractivity contribution is 14.0. The number of carbonyl (C=O) groups is 2. The summed E-state index contributed by atoms with van der Waals surface area (Å²) in [6.07, 6.45) is 7.53. The summed E-state index contributed by atoms with van der Waals surface area (Å²) < 4.78 is 1.98. The van der Waals surface area contributed by atoms with E-state index in [1.807, 2.05) is 54.2 Å². The molecule has 1 aromatic heterocycles. The Balaban J connectivity index is 0.00000243. The van der Waals surface area contributed by atoms with Crippen LogP contribution in [0.5, 0.6) is 0 Å². The van der Waals surface area contributed by atoms with E-state index in [4.69, 9.17) is 5.73 Å². The van der Waals surface area contributed by atoms with E-state index in [0.29, 0.717) is 17.9 Å². The van der Waals surface area contributed by atoms with Crippen LogP contribution in [-0.4, -0.2) is 48.0 Å². The third-order valence-corrected chi connectivity index (χ3v) is 5.58. The fourth-order valence-electron chi connectivity index (χ4n) is 2.84. The van der Waals surface area contributed by atoms with Gasteiger partial charge in [-0.2, -0.15) is 0 Å². The SMILES string of the molecule is CN(C)c1cc[n+](CC=CC2=C(C(=O)[O-])N3C(=O)[C@@H](N)[C@H]3SC2)cc1.I. The van der Waals surface area contributed by atoms with Crippen LogP contribution in [0.3, 0.4) is 0 Å². The Bertz CT molecular complexity index is 764. The van der Waals surface area contributed by atoms with Gasteiger partial charge in [0, 0.05) is 37.7 Å². The number of aromatic nitrogens is 1. The zero-order chi connectivity index (χ0) is 18.1. The van der Waals surface area contributed by atoms with Crippen LogP contribution in [-0.2, 0) is 16.1 Å². The van der Waals surface area contributed by atoms with Gasteiger partial charge in [-0.3, -0.25) is 9.69 Å². The number of rotatable bonds is 5. The minimum absolute atomic E-state index is 0. The Hall–Kier alpha value is -1.59. The van der Waals surface area contributed by atoms with Crippen LogP contribution in [0.2, 0.25) is 0 Å². The van der Waals surface area contributed by atoms with E-state index in [1.54, 1.807) is 6.08 Å². The lowest BCUT2D eigenvalue weighted by Gasteiger charge is -2.49. The molecule has 2 aliphatic rings. The van der Waals surface area contributed by atoms with E-state index in [0.717, 1.165) is 5.69 Å². The van der Waals surface area contributed by atoms with Crippen molar-refractivity contribution in [2.75, 3.05) is 24.7 Å². The first kappa shape index (κ1) is 20.7. The fourth-order valence-corrected chi connectivity index (χ4v) is 4.11. The molecule has 0 aromatic carbocycles. The maximum absolute atomic E-state index is 11.9. The smallest absolute Gasteiger partial charge is 0.248 e. The number of nitrogens with two attached hydrogens (primary N) is 1. The Morgan fingerprint density at radius 1 is 1.46 bits per heavy atom. The summed E-state index contributed by atoms with van der Waals surface area (Å²) in [6, 6.07) is 3.37. The Morgan fingerprint density at radius 3 is 2.69 bits per heavy atom. The number of hydrogen-bond acceptors (Lipinski definition) is 6. The summed E-state index contributed by atoms with van der Waals surface area (Å²) in [7, 11) is 3.95. The standard InChI is InChI=1S/C17H20N4O3S.HI/c1-19(2)12-5-8-20(9-6-12)7-3-4-11-10-25-16-13(18)15(22)21(16)14(11)17(23)24;/h3-6,8-9,13,16H,7,10,18H2,1-2H3;1H/t13-,16-;/m1./s1. The van der Waals surface area contributed by atoms with Gasteiger partial charge in [-0.1, -0.05) is 6.08 Å². The van der Waals surface area contributed by atoms with Crippen molar-refractivity contribution in [1.82, 2.24) is 4.90 Å². The van der Waals surface area contributed by atoms with Crippen molar-refractivity contribution in [3.63, 3.8) is 0 Å². The van der Waals surface area contributed by atoms with Gasteiger partial charge in [0.05, 0.1) is 11.7 Å². The topological polar surface area (TPSA) is 93.6 Å². The number of hydrogen-bond donors (Lipinski definition) is 1. The Kier molecular flexibility index (Phi) is 6.69. The zero-order valence-electron chi connectivity index (χ0n) is 14.5. The molecule has 2 aliphatic heterocycles. The highest BCUT2D eigenvalue weighted by Gasteiger charge is 2.49. The van der Waals surface area contributed by atoms with Gasteiger partial charge >= 0.3 is 0 Å². The molecule has 0 spiro atoms. The van der Waals surface area contributed by atoms with Gasteiger partial charge < -0.3 is 20.5 Å². The molecule has 0 aliphatic carbocycles. The van der Waals surface area contributed by atoms with Gasteiger partial charge in [0.2, 0.25) is 5.91 Å². The van der Waals surface area contributed by atoms with Gasteiger partial charge in [0.1, 0.15) is 11.4 Å². The molecule has 2 N–H and O–H groups in total. The van der Waals surface area contributed by atoms with Crippen LogP contribution in [0.4, 0.5) is 5.69 Å². The minimum atomic E-state index is -1.34. The number of fused-ring (bicyclic) bond motifs is 1. The third kappa shape index (κ3) is 3.89. The van der Waals surface area contributed by atoms with E-state index in [1.165, 1.54) is 16.7 Å². The molecule has 0 unspecified atom stereocenters. The second-order valence-corrected chi connectivity index (χ2v) is 7.25. The molecule has 1 amide bonds. The number of thioether (sulfide) groups is 1. The second kappa shape index (κ2) is 8.40. The number of pyridine rings is 1. The maximum Gasteiger partial charge on any atom is 0.248 e. The van der Waals surface area contributed by atoms with Crippen LogP contribution in [0, 0.1) is 0 Å². The maximum atomic E-state index is 11.9. The first-order chi connectivity index (χ1) is 11.9. The average Bonchev–Trinajstić information content (AvgIpc) is 2.60. The highest BCUT2D eigenvalue weighted by Crippen LogP contribution is 2.39. The monoisotopic (exact) mass is 488 g/mol. The number of allylic oxidation sites excluding steroid dienone is 2. The summed E-state index contributed by atoms with van der Waals surface area (Å²) in [5.74, 6) is -1.21. The van der Waals surface area contributed by atoms with Gasteiger partial charge in [0.15, 0.2) is 18.9 Å². The number of carboxylic acids is 1. The van der Waals surface area contributed by atoms with Crippen LogP contribution in [0.15, 0.2) is 47.9 Å². The molecule has 26 heavy (non-hydrogen) atoms. The van der Waals surface area contributed by atoms with Crippen molar-refractivity contribution < 1.29 is 19.3 Å². The number of carboxylic acid groups (broad SMARTS) is 1. The van der Waals surface area contributed by atoms with Crippen LogP contribution >= 0.6 is 35.7 Å². The summed E-state index contributed by atoms with van der Waals surface area (Å²) in [6.45, 7) is 0.596. The van der Waals surface area contributed by atoms with Crippen molar-refractivity contribution in [3.05, 3.63) is 47.9 Å². The number of carbonyl (C=O) groups excluding carboxylic acids is 2. The molecule has 3 rings (SSSR count). The lowest BCUT2D eigenvalue weighted by atomic mass is 10.0. The molecule has 2 atom stereocenters. The van der Waals surface area contributed by atoms with Crippen molar-refractivity contribution >= 4 is 53.3 Å². The normalized spacial score (nSPS) is 22.0. The number of amides is 1. The van der Waals surface area contributed by atoms with Crippen LogP contribution < -0.4 is 20.3 Å². The van der Waals surface area contributed by atoms with E-state index in [2.05, 4.69) is 0 Å². The molecule has 0 radical (unpaired) electrons. The number of halogens is 1. The first-order valence-electron chi connectivity index (χ1n) is 7.88. The van der Waals surface area contributed by atoms with Crippen molar-refractivity contribution in [3.8, 4) is 0 Å². The first-order valence-corrected chi connectivity index (χ1v) is 8.92. The Labute approximate surface area is 173 Å². The fraction of sp³-hybridized carbons (Fsp3) is 0.353. The van der Waals surface area contributed by atoms with Gasteiger partial charge in [-0.15, -0.1) is 35.7 Å². The van der Waals surface area contributed by atoms with Gasteiger partial charge in [-0.05, 0) is 11.6 Å². The summed E-state index contributed by atoms with van der Waals surface area (Å²) >= 11 is 1.47. The van der Waals surface area contributed by atoms with Crippen LogP contribution in [0.25, 0.3) is 0 Å². The van der Waals surface area contributed by atoms with E-state index >= 15 is 0 Å². The summed E-state index contributed by atoms with van der Waals surface area (Å²) in [4.78, 5) is 26.6. The van der Waals surface area contributed by atoms with E-state index in [-0.39, 0.29) is 41.0 Å². The molecule has 1 fully saturated rings. The molecule has 0 saturated carbocycles. The molecule has 140 valence electrons. The summed E-state index contributed by atoms with van der Waals surface area (Å²) in [5.41, 5.74) is 7.34. The Morgan fingerprint density at radius 2 is 2.12 bits per heavy atom. The lowest BCUT2D eigenvalue weighted by Crippen LogP contribution is -2.69. The molecule has 1 aromatic rings. The largest absolute Gasteiger partial charge is 0.543 e. The molecular formula is C17H21IN4O3S. The lowest BCUT2D eigenvalue weighted by molar-refractivity contribution is -0.686. The highest BCUT2D eigenvalue weighted by atomic mass is 127. The van der Waals surface area contributed by atoms with Gasteiger partial charge in [-0.25, -0.2) is 4.57 Å². The predicted molar refractivity (Wildman–Crippen MR) is 109 cm³/mol. The molecular weight excluding hydrogens is 467 g/mol. The van der Waals surface area contributed by atoms with Crippen molar-refractivity contribution in [2.24, 2.45) is 5.73 Å². The number of anilines is 1. The summed E-state index contributed by atoms with van der Waals surface area (Å²) in [5, 5.41) is 11.2. The molecule has 0 bridgehead atoms. The number of β-lactam (4-membered cyclic amide) rings is 1. The third-order valence-electron chi connectivity index (χ3n) is 4.26. The van der Waals surface area contributed by atoms with Crippen molar-refractivity contribution in [2.45, 2.75) is 18.0 Å². The average molecular weight is 488 g/mol. The molecule has 1 saturated heterocycles. The quantitative estimate of drug-likeness (QED) is 0.340. The van der Waals surface area contributed by atoms with Gasteiger partial charge in [0.25, 0.3) is 0 Å².